The van der Waals surface area contributed by atoms with Crippen LogP contribution in [0, 0.1) is 24.2 Å². The van der Waals surface area contributed by atoms with Crippen LogP contribution in [0.15, 0.2) is 29.2 Å². The number of sulfonamides is 1. The minimum Gasteiger partial charge on any atom is -0.332 e. The average Bonchev–Trinajstić information content (AvgIpc) is 2.48. The van der Waals surface area contributed by atoms with E-state index >= 15 is 0 Å². The van der Waals surface area contributed by atoms with Gasteiger partial charge in [0, 0.05) is 0 Å². The highest BCUT2D eigenvalue weighted by atomic mass is 32.2. The Bertz CT molecular complexity index is 611. The van der Waals surface area contributed by atoms with E-state index in [1.807, 2.05) is 26.0 Å². The van der Waals surface area contributed by atoms with Crippen molar-refractivity contribution in [3.05, 3.63) is 29.8 Å². The molecule has 1 saturated heterocycles. The molecule has 114 valence electrons. The summed E-state index contributed by atoms with van der Waals surface area (Å²) in [4.78, 5) is 1.67. The van der Waals surface area contributed by atoms with E-state index in [0.29, 0.717) is 18.0 Å². The van der Waals surface area contributed by atoms with Gasteiger partial charge in [-0.05, 0) is 26.0 Å². The second-order valence-corrected chi connectivity index (χ2v) is 7.64. The fraction of sp³-hybridized carbons (Fsp3) is 0.533. The van der Waals surface area contributed by atoms with Crippen molar-refractivity contribution in [2.45, 2.75) is 18.7 Å². The number of nitriles is 1. The molecule has 0 spiro atoms. The van der Waals surface area contributed by atoms with Crippen LogP contribution in [-0.2, 0) is 10.0 Å². The van der Waals surface area contributed by atoms with Crippen molar-refractivity contribution in [2.24, 2.45) is 5.92 Å². The van der Waals surface area contributed by atoms with Gasteiger partial charge in [0.25, 0.3) is 0 Å². The van der Waals surface area contributed by atoms with Gasteiger partial charge in [0.2, 0.25) is 10.0 Å². The van der Waals surface area contributed by atoms with E-state index in [-0.39, 0.29) is 5.92 Å². The van der Waals surface area contributed by atoms with E-state index in [0.717, 1.165) is 25.2 Å². The second-order valence-electron chi connectivity index (χ2n) is 5.70. The molecule has 0 aliphatic carbocycles. The number of hydrogen-bond donors (Lipinski definition) is 1. The zero-order valence-corrected chi connectivity index (χ0v) is 13.4. The van der Waals surface area contributed by atoms with Gasteiger partial charge >= 0.3 is 0 Å². The Morgan fingerprint density at radius 2 is 1.86 bits per heavy atom. The molecular formula is C15H22N3O2S+. The maximum atomic E-state index is 12.5. The Balaban J connectivity index is 2.01. The molecule has 1 aromatic carbocycles. The van der Waals surface area contributed by atoms with Crippen molar-refractivity contribution >= 4 is 10.0 Å². The van der Waals surface area contributed by atoms with Crippen LogP contribution in [0.25, 0.3) is 0 Å². The molecule has 6 heteroatoms. The molecule has 0 unspecified atom stereocenters. The van der Waals surface area contributed by atoms with Gasteiger partial charge < -0.3 is 4.90 Å². The molecule has 1 heterocycles. The molecule has 1 fully saturated rings. The van der Waals surface area contributed by atoms with Gasteiger partial charge in [0.15, 0.2) is 0 Å². The Morgan fingerprint density at radius 1 is 1.29 bits per heavy atom. The molecule has 1 aliphatic heterocycles. The average molecular weight is 308 g/mol. The monoisotopic (exact) mass is 308 g/mol. The number of hydrogen-bond acceptors (Lipinski definition) is 3. The van der Waals surface area contributed by atoms with E-state index in [1.54, 1.807) is 16.4 Å². The predicted molar refractivity (Wildman–Crippen MR) is 80.3 cm³/mol. The third kappa shape index (κ3) is 3.82. The Hall–Kier alpha value is -1.42. The first-order valence-corrected chi connectivity index (χ1v) is 8.67. The lowest BCUT2D eigenvalue weighted by Gasteiger charge is -2.31. The van der Waals surface area contributed by atoms with E-state index in [2.05, 4.69) is 6.07 Å². The van der Waals surface area contributed by atoms with Gasteiger partial charge in [-0.3, -0.25) is 0 Å². The summed E-state index contributed by atoms with van der Waals surface area (Å²) < 4.78 is 26.6. The first-order chi connectivity index (χ1) is 9.93. The van der Waals surface area contributed by atoms with E-state index in [1.165, 1.54) is 4.90 Å². The molecule has 0 bridgehead atoms. The highest BCUT2D eigenvalue weighted by Crippen LogP contribution is 2.16. The summed E-state index contributed by atoms with van der Waals surface area (Å²) in [7, 11) is -3.38. The first-order valence-electron chi connectivity index (χ1n) is 7.23. The third-order valence-electron chi connectivity index (χ3n) is 3.90. The van der Waals surface area contributed by atoms with Crippen LogP contribution in [-0.4, -0.2) is 45.4 Å². The van der Waals surface area contributed by atoms with Crippen LogP contribution in [0.2, 0.25) is 0 Å². The molecule has 0 amide bonds. The summed E-state index contributed by atoms with van der Waals surface area (Å²) in [6.07, 6.45) is 0. The van der Waals surface area contributed by atoms with E-state index in [9.17, 15) is 8.42 Å². The normalized spacial score (nSPS) is 19.1. The minimum absolute atomic E-state index is 0.0141. The fourth-order valence-electron chi connectivity index (χ4n) is 2.58. The number of aryl methyl sites for hydroxylation is 1. The molecule has 5 nitrogen and oxygen atoms in total. The van der Waals surface area contributed by atoms with E-state index in [4.69, 9.17) is 5.26 Å². The molecule has 1 N–H and O–H groups in total. The second kappa shape index (κ2) is 6.56. The number of piperazine rings is 1. The standard InChI is InChI=1S/C15H21N3O2S/c1-13-3-5-15(6-4-13)21(19,20)18-9-7-17(8-10-18)12-14(2)11-16/h3-6,14H,7-10,12H2,1-2H3/p+1/t14-/m0/s1. The summed E-state index contributed by atoms with van der Waals surface area (Å²) in [6.45, 7) is 7.19. The molecule has 1 atom stereocenters. The van der Waals surface area contributed by atoms with Crippen LogP contribution >= 0.6 is 0 Å². The Kier molecular flexibility index (Phi) is 4.99. The van der Waals surface area contributed by atoms with Crippen molar-refractivity contribution in [3.8, 4) is 6.07 Å². The smallest absolute Gasteiger partial charge is 0.243 e. The molecule has 21 heavy (non-hydrogen) atoms. The van der Waals surface area contributed by atoms with Crippen molar-refractivity contribution in [3.63, 3.8) is 0 Å². The first kappa shape index (κ1) is 16.0. The minimum atomic E-state index is -3.38. The molecule has 2 rings (SSSR count). The lowest BCUT2D eigenvalue weighted by Crippen LogP contribution is -3.15. The van der Waals surface area contributed by atoms with Gasteiger partial charge in [-0.15, -0.1) is 0 Å². The molecule has 0 saturated carbocycles. The van der Waals surface area contributed by atoms with Crippen molar-refractivity contribution < 1.29 is 13.3 Å². The molecular weight excluding hydrogens is 286 g/mol. The fourth-order valence-corrected chi connectivity index (χ4v) is 4.03. The number of nitrogens with one attached hydrogen (secondary N) is 1. The molecule has 1 aliphatic rings. The predicted octanol–water partition coefficient (Wildman–Crippen LogP) is 0.0439. The van der Waals surface area contributed by atoms with Gasteiger partial charge in [0.05, 0.1) is 49.6 Å². The summed E-state index contributed by atoms with van der Waals surface area (Å²) in [5.74, 6) is 0.0141. The summed E-state index contributed by atoms with van der Waals surface area (Å²) in [6, 6.07) is 9.21. The largest absolute Gasteiger partial charge is 0.332 e. The van der Waals surface area contributed by atoms with Gasteiger partial charge in [-0.1, -0.05) is 17.7 Å². The summed E-state index contributed by atoms with van der Waals surface area (Å²) >= 11 is 0. The number of nitrogens with zero attached hydrogens (tertiary/aromatic N) is 2. The van der Waals surface area contributed by atoms with Crippen LogP contribution in [0.4, 0.5) is 0 Å². The van der Waals surface area contributed by atoms with Crippen LogP contribution in [0.1, 0.15) is 12.5 Å². The molecule has 0 radical (unpaired) electrons. The number of rotatable bonds is 4. The topological polar surface area (TPSA) is 65.6 Å². The van der Waals surface area contributed by atoms with Crippen molar-refractivity contribution in [2.75, 3.05) is 32.7 Å². The number of quaternary nitrogens is 1. The Labute approximate surface area is 126 Å². The van der Waals surface area contributed by atoms with Crippen molar-refractivity contribution in [1.29, 1.82) is 5.26 Å². The zero-order valence-electron chi connectivity index (χ0n) is 12.5. The SMILES string of the molecule is Cc1ccc(S(=O)(=O)N2CC[NH+](C[C@@H](C)C#N)CC2)cc1. The van der Waals surface area contributed by atoms with E-state index < -0.39 is 10.0 Å². The number of benzene rings is 1. The lowest BCUT2D eigenvalue weighted by molar-refractivity contribution is -0.905. The maximum Gasteiger partial charge on any atom is 0.243 e. The van der Waals surface area contributed by atoms with Gasteiger partial charge in [-0.25, -0.2) is 8.42 Å². The third-order valence-corrected chi connectivity index (χ3v) is 5.82. The molecule has 0 aromatic heterocycles. The van der Waals surface area contributed by atoms with Gasteiger partial charge in [0.1, 0.15) is 0 Å². The maximum absolute atomic E-state index is 12.5. The highest BCUT2D eigenvalue weighted by molar-refractivity contribution is 7.89. The summed E-state index contributed by atoms with van der Waals surface area (Å²) in [5.41, 5.74) is 1.05. The lowest BCUT2D eigenvalue weighted by atomic mass is 10.2. The van der Waals surface area contributed by atoms with Crippen LogP contribution in [0.3, 0.4) is 0 Å². The highest BCUT2D eigenvalue weighted by Gasteiger charge is 2.30. The Morgan fingerprint density at radius 3 is 2.38 bits per heavy atom. The van der Waals surface area contributed by atoms with Crippen LogP contribution in [0.5, 0.6) is 0 Å². The van der Waals surface area contributed by atoms with Crippen LogP contribution < -0.4 is 4.90 Å². The summed E-state index contributed by atoms with van der Waals surface area (Å²) in [5, 5.41) is 8.85. The zero-order chi connectivity index (χ0) is 15.5. The quantitative estimate of drug-likeness (QED) is 0.854. The van der Waals surface area contributed by atoms with Gasteiger partial charge in [-0.2, -0.15) is 9.57 Å². The molecule has 1 aromatic rings. The van der Waals surface area contributed by atoms with Crippen molar-refractivity contribution in [1.82, 2.24) is 4.31 Å².